The molecule has 0 bridgehead atoms. The van der Waals surface area contributed by atoms with Crippen molar-refractivity contribution in [2.45, 2.75) is 26.2 Å². The highest BCUT2D eigenvalue weighted by atomic mass is 35.5. The normalized spacial score (nSPS) is 11.8. The first-order chi connectivity index (χ1) is 11.3. The zero-order valence-corrected chi connectivity index (χ0v) is 14.9. The predicted octanol–water partition coefficient (Wildman–Crippen LogP) is 5.24. The van der Waals surface area contributed by atoms with Crippen LogP contribution in [0.25, 0.3) is 22.4 Å². The van der Waals surface area contributed by atoms with Gasteiger partial charge in [-0.15, -0.1) is 0 Å². The Labute approximate surface area is 146 Å². The van der Waals surface area contributed by atoms with Crippen molar-refractivity contribution in [3.8, 4) is 22.4 Å². The van der Waals surface area contributed by atoms with Crippen molar-refractivity contribution in [3.63, 3.8) is 0 Å². The van der Waals surface area contributed by atoms with Crippen molar-refractivity contribution >= 4 is 11.6 Å². The Morgan fingerprint density at radius 2 is 1.88 bits per heavy atom. The lowest BCUT2D eigenvalue weighted by Crippen LogP contribution is -2.17. The number of hydrogen-bond acceptors (Lipinski definition) is 2. The van der Waals surface area contributed by atoms with E-state index in [9.17, 15) is 4.39 Å². The molecular formula is C19H19ClFN3. The largest absolute Gasteiger partial charge is 0.337 e. The molecular weight excluding hydrogens is 325 g/mol. The summed E-state index contributed by atoms with van der Waals surface area (Å²) in [4.78, 5) is 8.65. The number of nitrogens with zero attached hydrogens (tertiary/aromatic N) is 3. The molecule has 0 saturated carbocycles. The molecule has 1 aromatic carbocycles. The summed E-state index contributed by atoms with van der Waals surface area (Å²) in [6.07, 6.45) is 3.47. The molecule has 2 heterocycles. The monoisotopic (exact) mass is 343 g/mol. The average Bonchev–Trinajstić information content (AvgIpc) is 2.89. The van der Waals surface area contributed by atoms with Gasteiger partial charge in [0.05, 0.1) is 5.69 Å². The van der Waals surface area contributed by atoms with Gasteiger partial charge in [0.15, 0.2) is 0 Å². The SMILES string of the molecule is Cn1cc(-c2ccc(-c3cccnc3Cl)cc2F)nc1C(C)(C)C. The number of hydrogen-bond donors (Lipinski definition) is 0. The number of benzene rings is 1. The summed E-state index contributed by atoms with van der Waals surface area (Å²) in [5.74, 6) is 0.585. The molecule has 124 valence electrons. The second-order valence-electron chi connectivity index (χ2n) is 6.85. The fourth-order valence-corrected chi connectivity index (χ4v) is 3.01. The first kappa shape index (κ1) is 16.7. The van der Waals surface area contributed by atoms with Crippen LogP contribution in [-0.2, 0) is 12.5 Å². The quantitative estimate of drug-likeness (QED) is 0.596. The van der Waals surface area contributed by atoms with E-state index >= 15 is 0 Å². The topological polar surface area (TPSA) is 30.7 Å². The Morgan fingerprint density at radius 1 is 1.12 bits per heavy atom. The molecule has 0 N–H and O–H groups in total. The third-order valence-electron chi connectivity index (χ3n) is 3.86. The van der Waals surface area contributed by atoms with Gasteiger partial charge in [-0.3, -0.25) is 0 Å². The molecule has 2 aromatic heterocycles. The first-order valence-corrected chi connectivity index (χ1v) is 8.10. The third-order valence-corrected chi connectivity index (χ3v) is 4.16. The van der Waals surface area contributed by atoms with E-state index in [1.54, 1.807) is 18.3 Å². The maximum Gasteiger partial charge on any atom is 0.136 e. The molecule has 0 fully saturated rings. The molecule has 0 saturated heterocycles. The summed E-state index contributed by atoms with van der Waals surface area (Å²) in [6.45, 7) is 6.26. The van der Waals surface area contributed by atoms with Gasteiger partial charge in [0.25, 0.3) is 0 Å². The van der Waals surface area contributed by atoms with Crippen LogP contribution in [0.4, 0.5) is 4.39 Å². The maximum absolute atomic E-state index is 14.7. The average molecular weight is 344 g/mol. The van der Waals surface area contributed by atoms with Crippen LogP contribution in [0.1, 0.15) is 26.6 Å². The van der Waals surface area contributed by atoms with Crippen molar-refractivity contribution in [1.82, 2.24) is 14.5 Å². The molecule has 24 heavy (non-hydrogen) atoms. The van der Waals surface area contributed by atoms with E-state index in [2.05, 4.69) is 30.7 Å². The predicted molar refractivity (Wildman–Crippen MR) is 95.5 cm³/mol. The standard InChI is InChI=1S/C19H19ClFN3/c1-19(2,3)18-23-16(11-24(18)4)14-8-7-12(10-15(14)21)13-6-5-9-22-17(13)20/h5-11H,1-4H3. The van der Waals surface area contributed by atoms with Crippen LogP contribution in [0.3, 0.4) is 0 Å². The number of aromatic nitrogens is 3. The summed E-state index contributed by atoms with van der Waals surface area (Å²) in [7, 11) is 1.93. The Balaban J connectivity index is 2.04. The number of pyridine rings is 1. The van der Waals surface area contributed by atoms with E-state index in [-0.39, 0.29) is 11.2 Å². The number of rotatable bonds is 2. The van der Waals surface area contributed by atoms with Gasteiger partial charge in [-0.25, -0.2) is 14.4 Å². The highest BCUT2D eigenvalue weighted by Crippen LogP contribution is 2.31. The fraction of sp³-hybridized carbons (Fsp3) is 0.263. The minimum atomic E-state index is -0.328. The van der Waals surface area contributed by atoms with Gasteiger partial charge in [-0.1, -0.05) is 38.4 Å². The molecule has 3 rings (SSSR count). The van der Waals surface area contributed by atoms with Crippen LogP contribution in [0.2, 0.25) is 5.15 Å². The summed E-state index contributed by atoms with van der Waals surface area (Å²) in [5, 5.41) is 0.359. The molecule has 0 radical (unpaired) electrons. The molecule has 0 aliphatic rings. The lowest BCUT2D eigenvalue weighted by atomic mass is 9.96. The number of aryl methyl sites for hydroxylation is 1. The molecule has 0 unspecified atom stereocenters. The summed E-state index contributed by atoms with van der Waals surface area (Å²) >= 11 is 6.09. The lowest BCUT2D eigenvalue weighted by Gasteiger charge is -2.17. The van der Waals surface area contributed by atoms with E-state index in [1.807, 2.05) is 29.9 Å². The van der Waals surface area contributed by atoms with Crippen molar-refractivity contribution in [2.24, 2.45) is 7.05 Å². The summed E-state index contributed by atoms with van der Waals surface area (Å²) in [5.41, 5.74) is 2.41. The van der Waals surface area contributed by atoms with Crippen LogP contribution < -0.4 is 0 Å². The molecule has 3 nitrogen and oxygen atoms in total. The van der Waals surface area contributed by atoms with Gasteiger partial charge in [0.2, 0.25) is 0 Å². The van der Waals surface area contributed by atoms with Crippen LogP contribution >= 0.6 is 11.6 Å². The molecule has 0 aliphatic carbocycles. The van der Waals surface area contributed by atoms with Gasteiger partial charge in [-0.2, -0.15) is 0 Å². The smallest absolute Gasteiger partial charge is 0.136 e. The van der Waals surface area contributed by atoms with Crippen molar-refractivity contribution < 1.29 is 4.39 Å². The summed E-state index contributed by atoms with van der Waals surface area (Å²) in [6, 6.07) is 8.66. The summed E-state index contributed by atoms with van der Waals surface area (Å²) < 4.78 is 16.6. The Bertz CT molecular complexity index is 894. The highest BCUT2D eigenvalue weighted by Gasteiger charge is 2.21. The highest BCUT2D eigenvalue weighted by molar-refractivity contribution is 6.32. The fourth-order valence-electron chi connectivity index (χ4n) is 2.78. The van der Waals surface area contributed by atoms with Crippen LogP contribution in [0.5, 0.6) is 0 Å². The minimum Gasteiger partial charge on any atom is -0.337 e. The molecule has 0 atom stereocenters. The van der Waals surface area contributed by atoms with E-state index < -0.39 is 0 Å². The first-order valence-electron chi connectivity index (χ1n) is 7.72. The lowest BCUT2D eigenvalue weighted by molar-refractivity contribution is 0.523. The van der Waals surface area contributed by atoms with E-state index in [4.69, 9.17) is 11.6 Å². The Hall–Kier alpha value is -2.20. The third kappa shape index (κ3) is 3.06. The Kier molecular flexibility index (Phi) is 4.18. The van der Waals surface area contributed by atoms with E-state index in [0.29, 0.717) is 27.5 Å². The minimum absolute atomic E-state index is 0.105. The Morgan fingerprint density at radius 3 is 2.46 bits per heavy atom. The van der Waals surface area contributed by atoms with E-state index in [0.717, 1.165) is 5.82 Å². The zero-order valence-electron chi connectivity index (χ0n) is 14.1. The molecule has 0 spiro atoms. The number of halogens is 2. The molecule has 5 heteroatoms. The van der Waals surface area contributed by atoms with Crippen molar-refractivity contribution in [1.29, 1.82) is 0 Å². The zero-order chi connectivity index (χ0) is 17.5. The van der Waals surface area contributed by atoms with Gasteiger partial charge in [-0.05, 0) is 29.8 Å². The number of imidazole rings is 1. The van der Waals surface area contributed by atoms with Gasteiger partial charge in [0.1, 0.15) is 16.8 Å². The van der Waals surface area contributed by atoms with Crippen molar-refractivity contribution in [2.75, 3.05) is 0 Å². The van der Waals surface area contributed by atoms with Crippen LogP contribution in [0.15, 0.2) is 42.7 Å². The molecule has 0 aliphatic heterocycles. The molecule has 3 aromatic rings. The van der Waals surface area contributed by atoms with Crippen LogP contribution in [-0.4, -0.2) is 14.5 Å². The second kappa shape index (κ2) is 6.02. The van der Waals surface area contributed by atoms with Gasteiger partial charge in [0, 0.05) is 36.0 Å². The van der Waals surface area contributed by atoms with Crippen LogP contribution in [0, 0.1) is 5.82 Å². The van der Waals surface area contributed by atoms with Gasteiger partial charge >= 0.3 is 0 Å². The molecule has 0 amide bonds. The van der Waals surface area contributed by atoms with Gasteiger partial charge < -0.3 is 4.57 Å². The van der Waals surface area contributed by atoms with Crippen molar-refractivity contribution in [3.05, 3.63) is 59.5 Å². The second-order valence-corrected chi connectivity index (χ2v) is 7.21. The van der Waals surface area contributed by atoms with E-state index in [1.165, 1.54) is 6.07 Å². The maximum atomic E-state index is 14.7.